The normalized spacial score (nSPS) is 14.8. The molecule has 0 saturated carbocycles. The van der Waals surface area contributed by atoms with Crippen molar-refractivity contribution in [3.05, 3.63) is 40.0 Å². The third-order valence-corrected chi connectivity index (χ3v) is 3.96. The highest BCUT2D eigenvalue weighted by Crippen LogP contribution is 2.29. The van der Waals surface area contributed by atoms with Gasteiger partial charge < -0.3 is 4.90 Å². The van der Waals surface area contributed by atoms with Crippen LogP contribution in [0.25, 0.3) is 11.3 Å². The molecule has 4 nitrogen and oxygen atoms in total. The second kappa shape index (κ2) is 5.46. The minimum absolute atomic E-state index is 0.00802. The number of hydrogen-bond donors (Lipinski definition) is 1. The maximum Gasteiger partial charge on any atom is 0.271 e. The lowest BCUT2D eigenvalue weighted by molar-refractivity contribution is 0.0787. The Hall–Kier alpha value is -1.52. The third kappa shape index (κ3) is 2.53. The molecule has 1 N–H and O–H groups in total. The summed E-state index contributed by atoms with van der Waals surface area (Å²) in [7, 11) is 0. The Kier molecular flexibility index (Phi) is 3.68. The summed E-state index contributed by atoms with van der Waals surface area (Å²) < 4.78 is 0. The Morgan fingerprint density at radius 3 is 2.65 bits per heavy atom. The van der Waals surface area contributed by atoms with E-state index in [1.54, 1.807) is 24.3 Å². The zero-order valence-electron chi connectivity index (χ0n) is 10.7. The SMILES string of the molecule is O=C(c1cc(-c2ccc(Cl)cc2Cl)n[nH]1)N1CCCC1. The fraction of sp³-hybridized carbons (Fsp3) is 0.286. The summed E-state index contributed by atoms with van der Waals surface area (Å²) in [4.78, 5) is 14.1. The molecule has 0 bridgehead atoms. The van der Waals surface area contributed by atoms with Crippen molar-refractivity contribution < 1.29 is 4.79 Å². The molecule has 1 aromatic carbocycles. The number of carbonyl (C=O) groups is 1. The summed E-state index contributed by atoms with van der Waals surface area (Å²) in [6, 6.07) is 6.94. The molecule has 0 atom stereocenters. The molecular weight excluding hydrogens is 297 g/mol. The third-order valence-electron chi connectivity index (χ3n) is 3.41. The summed E-state index contributed by atoms with van der Waals surface area (Å²) in [6.45, 7) is 1.63. The van der Waals surface area contributed by atoms with Crippen LogP contribution < -0.4 is 0 Å². The summed E-state index contributed by atoms with van der Waals surface area (Å²) in [5.41, 5.74) is 1.90. The predicted molar refractivity (Wildman–Crippen MR) is 79.2 cm³/mol. The largest absolute Gasteiger partial charge is 0.337 e. The van der Waals surface area contributed by atoms with E-state index in [1.807, 2.05) is 4.90 Å². The highest BCUT2D eigenvalue weighted by atomic mass is 35.5. The first-order chi connectivity index (χ1) is 9.65. The Morgan fingerprint density at radius 2 is 1.95 bits per heavy atom. The van der Waals surface area contributed by atoms with E-state index in [4.69, 9.17) is 23.2 Å². The van der Waals surface area contributed by atoms with Crippen molar-refractivity contribution in [2.24, 2.45) is 0 Å². The van der Waals surface area contributed by atoms with Crippen LogP contribution in [-0.4, -0.2) is 34.1 Å². The summed E-state index contributed by atoms with van der Waals surface area (Å²) in [5, 5.41) is 8.05. The Bertz CT molecular complexity index is 648. The minimum atomic E-state index is -0.00802. The van der Waals surface area contributed by atoms with Gasteiger partial charge >= 0.3 is 0 Å². The average Bonchev–Trinajstić information content (AvgIpc) is 3.09. The smallest absolute Gasteiger partial charge is 0.271 e. The Morgan fingerprint density at radius 1 is 1.20 bits per heavy atom. The second-order valence-electron chi connectivity index (χ2n) is 4.79. The fourth-order valence-electron chi connectivity index (χ4n) is 2.36. The van der Waals surface area contributed by atoms with E-state index in [0.717, 1.165) is 31.5 Å². The maximum atomic E-state index is 12.2. The van der Waals surface area contributed by atoms with Crippen molar-refractivity contribution in [3.63, 3.8) is 0 Å². The van der Waals surface area contributed by atoms with Crippen LogP contribution in [0.4, 0.5) is 0 Å². The first-order valence-electron chi connectivity index (χ1n) is 6.45. The first kappa shape index (κ1) is 13.5. The summed E-state index contributed by atoms with van der Waals surface area (Å²) in [6.07, 6.45) is 2.13. The van der Waals surface area contributed by atoms with Crippen LogP contribution in [0.2, 0.25) is 10.0 Å². The van der Waals surface area contributed by atoms with Crippen LogP contribution >= 0.6 is 23.2 Å². The lowest BCUT2D eigenvalue weighted by Gasteiger charge is -2.12. The number of carbonyl (C=O) groups excluding carboxylic acids is 1. The van der Waals surface area contributed by atoms with E-state index in [-0.39, 0.29) is 5.91 Å². The van der Waals surface area contributed by atoms with Crippen molar-refractivity contribution in [2.75, 3.05) is 13.1 Å². The fourth-order valence-corrected chi connectivity index (χ4v) is 2.86. The number of halogens is 2. The zero-order valence-corrected chi connectivity index (χ0v) is 12.2. The summed E-state index contributed by atoms with van der Waals surface area (Å²) in [5.74, 6) is -0.00802. The number of nitrogens with one attached hydrogen (secondary N) is 1. The monoisotopic (exact) mass is 309 g/mol. The van der Waals surface area contributed by atoms with Gasteiger partial charge in [-0.05, 0) is 37.1 Å². The number of aromatic amines is 1. The Balaban J connectivity index is 1.87. The van der Waals surface area contributed by atoms with Gasteiger partial charge in [-0.3, -0.25) is 9.89 Å². The van der Waals surface area contributed by atoms with Gasteiger partial charge in [-0.25, -0.2) is 0 Å². The molecule has 1 aliphatic rings. The van der Waals surface area contributed by atoms with Gasteiger partial charge in [0.25, 0.3) is 5.91 Å². The number of amides is 1. The lowest BCUT2D eigenvalue weighted by atomic mass is 10.1. The van der Waals surface area contributed by atoms with E-state index < -0.39 is 0 Å². The quantitative estimate of drug-likeness (QED) is 0.921. The van der Waals surface area contributed by atoms with Crippen molar-refractivity contribution in [3.8, 4) is 11.3 Å². The van der Waals surface area contributed by atoms with Crippen LogP contribution in [0.3, 0.4) is 0 Å². The molecule has 1 saturated heterocycles. The molecular formula is C14H13Cl2N3O. The number of aromatic nitrogens is 2. The number of hydrogen-bond acceptors (Lipinski definition) is 2. The standard InChI is InChI=1S/C14H13Cl2N3O/c15-9-3-4-10(11(16)7-9)12-8-13(18-17-12)14(20)19-5-1-2-6-19/h3-4,7-8H,1-2,5-6H2,(H,17,18). The van der Waals surface area contributed by atoms with E-state index in [0.29, 0.717) is 21.4 Å². The molecule has 1 aromatic heterocycles. The molecule has 2 aromatic rings. The first-order valence-corrected chi connectivity index (χ1v) is 7.21. The van der Waals surface area contributed by atoms with Gasteiger partial charge in [-0.1, -0.05) is 23.2 Å². The minimum Gasteiger partial charge on any atom is -0.337 e. The predicted octanol–water partition coefficient (Wildman–Crippen LogP) is 3.62. The van der Waals surface area contributed by atoms with Gasteiger partial charge in [0.05, 0.1) is 10.7 Å². The van der Waals surface area contributed by atoms with Gasteiger partial charge in [0.15, 0.2) is 0 Å². The number of nitrogens with zero attached hydrogens (tertiary/aromatic N) is 2. The van der Waals surface area contributed by atoms with E-state index in [1.165, 1.54) is 0 Å². The highest BCUT2D eigenvalue weighted by Gasteiger charge is 2.21. The maximum absolute atomic E-state index is 12.2. The molecule has 1 fully saturated rings. The Labute approximate surface area is 126 Å². The van der Waals surface area contributed by atoms with E-state index in [2.05, 4.69) is 10.2 Å². The van der Waals surface area contributed by atoms with Gasteiger partial charge in [0.1, 0.15) is 5.69 Å². The average molecular weight is 310 g/mol. The van der Waals surface area contributed by atoms with Gasteiger partial charge in [-0.15, -0.1) is 0 Å². The van der Waals surface area contributed by atoms with Gasteiger partial charge in [0, 0.05) is 23.7 Å². The van der Waals surface area contributed by atoms with E-state index in [9.17, 15) is 4.79 Å². The molecule has 0 radical (unpaired) electrons. The highest BCUT2D eigenvalue weighted by molar-refractivity contribution is 6.36. The van der Waals surface area contributed by atoms with Crippen molar-refractivity contribution >= 4 is 29.1 Å². The van der Waals surface area contributed by atoms with Crippen LogP contribution in [0.1, 0.15) is 23.3 Å². The van der Waals surface area contributed by atoms with Crippen LogP contribution in [0.5, 0.6) is 0 Å². The number of likely N-dealkylation sites (tertiary alicyclic amines) is 1. The van der Waals surface area contributed by atoms with Crippen molar-refractivity contribution in [2.45, 2.75) is 12.8 Å². The molecule has 104 valence electrons. The van der Waals surface area contributed by atoms with Gasteiger partial charge in [0.2, 0.25) is 0 Å². The number of H-pyrrole nitrogens is 1. The molecule has 0 aliphatic carbocycles. The molecule has 20 heavy (non-hydrogen) atoms. The lowest BCUT2D eigenvalue weighted by Crippen LogP contribution is -2.27. The van der Waals surface area contributed by atoms with Gasteiger partial charge in [-0.2, -0.15) is 5.10 Å². The molecule has 1 amide bonds. The van der Waals surface area contributed by atoms with Crippen LogP contribution in [0, 0.1) is 0 Å². The summed E-state index contributed by atoms with van der Waals surface area (Å²) >= 11 is 12.0. The molecule has 0 spiro atoms. The zero-order chi connectivity index (χ0) is 14.1. The van der Waals surface area contributed by atoms with Crippen LogP contribution in [-0.2, 0) is 0 Å². The molecule has 0 unspecified atom stereocenters. The van der Waals surface area contributed by atoms with E-state index >= 15 is 0 Å². The second-order valence-corrected chi connectivity index (χ2v) is 5.63. The van der Waals surface area contributed by atoms with Crippen LogP contribution in [0.15, 0.2) is 24.3 Å². The molecule has 2 heterocycles. The molecule has 3 rings (SSSR count). The number of rotatable bonds is 2. The molecule has 6 heteroatoms. The number of benzene rings is 1. The molecule has 1 aliphatic heterocycles. The van der Waals surface area contributed by atoms with Crippen molar-refractivity contribution in [1.82, 2.24) is 15.1 Å². The topological polar surface area (TPSA) is 49.0 Å². The van der Waals surface area contributed by atoms with Crippen molar-refractivity contribution in [1.29, 1.82) is 0 Å².